The molecule has 0 saturated heterocycles. The van der Waals surface area contributed by atoms with Gasteiger partial charge in [0.1, 0.15) is 5.82 Å². The van der Waals surface area contributed by atoms with Gasteiger partial charge in [0.15, 0.2) is 5.17 Å². The molecular formula is C13H16FN3OS. The summed E-state index contributed by atoms with van der Waals surface area (Å²) in [6.07, 6.45) is 1.31. The lowest BCUT2D eigenvalue weighted by molar-refractivity contribution is 0.1000. The van der Waals surface area contributed by atoms with Gasteiger partial charge in [-0.3, -0.25) is 9.79 Å². The largest absolute Gasteiger partial charge is 0.379 e. The topological polar surface area (TPSA) is 81.5 Å². The fourth-order valence-electron chi connectivity index (χ4n) is 2.30. The zero-order chi connectivity index (χ0) is 14.0. The highest BCUT2D eigenvalue weighted by molar-refractivity contribution is 8.13. The molecule has 6 heteroatoms. The Morgan fingerprint density at radius 1 is 1.58 bits per heavy atom. The number of nitrogens with two attached hydrogens (primary N) is 2. The highest BCUT2D eigenvalue weighted by Gasteiger charge is 2.35. The summed E-state index contributed by atoms with van der Waals surface area (Å²) in [7, 11) is 0. The van der Waals surface area contributed by atoms with E-state index >= 15 is 0 Å². The minimum Gasteiger partial charge on any atom is -0.379 e. The predicted octanol–water partition coefficient (Wildman–Crippen LogP) is 1.98. The van der Waals surface area contributed by atoms with E-state index in [1.807, 2.05) is 6.92 Å². The zero-order valence-electron chi connectivity index (χ0n) is 10.6. The van der Waals surface area contributed by atoms with Gasteiger partial charge in [-0.15, -0.1) is 0 Å². The van der Waals surface area contributed by atoms with E-state index in [2.05, 4.69) is 4.99 Å². The monoisotopic (exact) mass is 281 g/mol. The van der Waals surface area contributed by atoms with Gasteiger partial charge in [0.05, 0.1) is 5.54 Å². The Morgan fingerprint density at radius 3 is 2.89 bits per heavy atom. The van der Waals surface area contributed by atoms with E-state index in [0.29, 0.717) is 23.6 Å². The molecule has 0 aliphatic carbocycles. The first kappa shape index (κ1) is 13.9. The van der Waals surface area contributed by atoms with Crippen molar-refractivity contribution < 1.29 is 9.18 Å². The molecule has 0 saturated carbocycles. The third-order valence-electron chi connectivity index (χ3n) is 3.43. The van der Waals surface area contributed by atoms with Gasteiger partial charge < -0.3 is 11.5 Å². The van der Waals surface area contributed by atoms with Crippen molar-refractivity contribution in [2.45, 2.75) is 25.3 Å². The van der Waals surface area contributed by atoms with Crippen molar-refractivity contribution in [3.8, 4) is 0 Å². The van der Waals surface area contributed by atoms with Gasteiger partial charge in [-0.2, -0.15) is 0 Å². The molecule has 0 unspecified atom stereocenters. The van der Waals surface area contributed by atoms with Crippen LogP contribution in [0.2, 0.25) is 0 Å². The molecule has 1 aliphatic heterocycles. The Labute approximate surface area is 115 Å². The molecule has 0 spiro atoms. The van der Waals surface area contributed by atoms with Crippen molar-refractivity contribution in [1.82, 2.24) is 0 Å². The Hall–Kier alpha value is -1.56. The fourth-order valence-corrected chi connectivity index (χ4v) is 3.19. The van der Waals surface area contributed by atoms with E-state index in [-0.39, 0.29) is 11.4 Å². The van der Waals surface area contributed by atoms with Gasteiger partial charge in [-0.1, -0.05) is 18.7 Å². The second-order valence-corrected chi connectivity index (χ2v) is 5.61. The van der Waals surface area contributed by atoms with Gasteiger partial charge in [-0.05, 0) is 31.0 Å². The molecule has 1 heterocycles. The maximum atomic E-state index is 14.1. The van der Waals surface area contributed by atoms with E-state index in [1.54, 1.807) is 0 Å². The molecule has 4 N–H and O–H groups in total. The SMILES string of the molecule is CC[C@]1(c2cc(C(N)=O)ccc2F)CCSC(N)=N1. The summed E-state index contributed by atoms with van der Waals surface area (Å²) in [6, 6.07) is 4.14. The number of benzene rings is 1. The number of nitrogens with zero attached hydrogens (tertiary/aromatic N) is 1. The summed E-state index contributed by atoms with van der Waals surface area (Å²) in [5, 5.41) is 0.456. The highest BCUT2D eigenvalue weighted by Crippen LogP contribution is 2.39. The number of amidine groups is 1. The number of carbonyl (C=O) groups is 1. The van der Waals surface area contributed by atoms with Crippen molar-refractivity contribution in [2.24, 2.45) is 16.5 Å². The number of halogens is 1. The number of aliphatic imine (C=N–C) groups is 1. The second kappa shape index (κ2) is 5.21. The zero-order valence-corrected chi connectivity index (χ0v) is 11.5. The van der Waals surface area contributed by atoms with Crippen molar-refractivity contribution in [2.75, 3.05) is 5.75 Å². The lowest BCUT2D eigenvalue weighted by atomic mass is 9.84. The molecule has 102 valence electrons. The van der Waals surface area contributed by atoms with Crippen LogP contribution in [0.5, 0.6) is 0 Å². The molecule has 2 rings (SSSR count). The smallest absolute Gasteiger partial charge is 0.248 e. The highest BCUT2D eigenvalue weighted by atomic mass is 32.2. The average Bonchev–Trinajstić information content (AvgIpc) is 2.38. The van der Waals surface area contributed by atoms with Gasteiger partial charge >= 0.3 is 0 Å². The fraction of sp³-hybridized carbons (Fsp3) is 0.385. The number of hydrogen-bond acceptors (Lipinski definition) is 4. The molecule has 0 aromatic heterocycles. The average molecular weight is 281 g/mol. The first-order valence-corrected chi connectivity index (χ1v) is 7.05. The summed E-state index contributed by atoms with van der Waals surface area (Å²) in [5.74, 6) is -0.173. The third-order valence-corrected chi connectivity index (χ3v) is 4.22. The third kappa shape index (κ3) is 2.58. The minimum atomic E-state index is -0.690. The summed E-state index contributed by atoms with van der Waals surface area (Å²) in [4.78, 5) is 15.7. The molecule has 1 atom stereocenters. The van der Waals surface area contributed by atoms with Crippen LogP contribution >= 0.6 is 11.8 Å². The van der Waals surface area contributed by atoms with Crippen molar-refractivity contribution >= 4 is 22.8 Å². The predicted molar refractivity (Wildman–Crippen MR) is 75.6 cm³/mol. The Balaban J connectivity index is 2.57. The lowest BCUT2D eigenvalue weighted by Gasteiger charge is -2.33. The second-order valence-electron chi connectivity index (χ2n) is 4.49. The van der Waals surface area contributed by atoms with E-state index < -0.39 is 11.4 Å². The van der Waals surface area contributed by atoms with E-state index in [4.69, 9.17) is 11.5 Å². The molecule has 1 aromatic carbocycles. The van der Waals surface area contributed by atoms with Crippen LogP contribution in [0.4, 0.5) is 4.39 Å². The van der Waals surface area contributed by atoms with Gasteiger partial charge in [0.25, 0.3) is 0 Å². The molecule has 19 heavy (non-hydrogen) atoms. The standard InChI is InChI=1S/C13H16FN3OS/c1-2-13(5-6-19-12(16)17-13)9-7-8(11(15)18)3-4-10(9)14/h3-4,7H,2,5-6H2,1H3,(H2,15,18)(H2,16,17)/t13-/m1/s1. The van der Waals surface area contributed by atoms with Crippen molar-refractivity contribution in [3.05, 3.63) is 35.1 Å². The van der Waals surface area contributed by atoms with Crippen LogP contribution in [0.25, 0.3) is 0 Å². The molecule has 0 radical (unpaired) electrons. The number of carbonyl (C=O) groups excluding carboxylic acids is 1. The summed E-state index contributed by atoms with van der Waals surface area (Å²) in [5.41, 5.74) is 11.0. The van der Waals surface area contributed by atoms with E-state index in [1.165, 1.54) is 30.0 Å². The molecule has 4 nitrogen and oxygen atoms in total. The molecule has 0 fully saturated rings. The minimum absolute atomic E-state index is 0.288. The van der Waals surface area contributed by atoms with Gasteiger partial charge in [0, 0.05) is 16.9 Å². The van der Waals surface area contributed by atoms with Crippen molar-refractivity contribution in [3.63, 3.8) is 0 Å². The summed E-state index contributed by atoms with van der Waals surface area (Å²) >= 11 is 1.46. The van der Waals surface area contributed by atoms with E-state index in [0.717, 1.165) is 5.75 Å². The summed E-state index contributed by atoms with van der Waals surface area (Å²) in [6.45, 7) is 1.93. The number of thioether (sulfide) groups is 1. The molecule has 1 aromatic rings. The number of amides is 1. The molecular weight excluding hydrogens is 265 g/mol. The Kier molecular flexibility index (Phi) is 3.80. The van der Waals surface area contributed by atoms with Crippen molar-refractivity contribution in [1.29, 1.82) is 0 Å². The molecule has 0 bridgehead atoms. The number of primary amides is 1. The first-order valence-electron chi connectivity index (χ1n) is 6.06. The number of rotatable bonds is 3. The van der Waals surface area contributed by atoms with Crippen LogP contribution in [0, 0.1) is 5.82 Å². The maximum Gasteiger partial charge on any atom is 0.248 e. The van der Waals surface area contributed by atoms with Crippen LogP contribution in [0.1, 0.15) is 35.7 Å². The normalized spacial score (nSPS) is 22.9. The lowest BCUT2D eigenvalue weighted by Crippen LogP contribution is -2.32. The Bertz CT molecular complexity index is 547. The van der Waals surface area contributed by atoms with Crippen LogP contribution < -0.4 is 11.5 Å². The van der Waals surface area contributed by atoms with Crippen LogP contribution in [-0.4, -0.2) is 16.8 Å². The van der Waals surface area contributed by atoms with Gasteiger partial charge in [-0.25, -0.2) is 4.39 Å². The van der Waals surface area contributed by atoms with E-state index in [9.17, 15) is 9.18 Å². The first-order chi connectivity index (χ1) is 8.98. The number of hydrogen-bond donors (Lipinski definition) is 2. The maximum absolute atomic E-state index is 14.1. The van der Waals surface area contributed by atoms with Gasteiger partial charge in [0.2, 0.25) is 5.91 Å². The Morgan fingerprint density at radius 2 is 2.32 bits per heavy atom. The van der Waals surface area contributed by atoms with Crippen LogP contribution in [-0.2, 0) is 5.54 Å². The molecule has 1 aliphatic rings. The van der Waals surface area contributed by atoms with Crippen LogP contribution in [0.3, 0.4) is 0 Å². The molecule has 1 amide bonds. The quantitative estimate of drug-likeness (QED) is 0.889. The summed E-state index contributed by atoms with van der Waals surface area (Å²) < 4.78 is 14.1. The van der Waals surface area contributed by atoms with Crippen LogP contribution in [0.15, 0.2) is 23.2 Å².